The van der Waals surface area contributed by atoms with Crippen molar-refractivity contribution in [3.8, 4) is 22.8 Å². The lowest BCUT2D eigenvalue weighted by atomic mass is 10.1. The molecule has 4 rings (SSSR count). The summed E-state index contributed by atoms with van der Waals surface area (Å²) in [5.74, 6) is 0.0805. The zero-order chi connectivity index (χ0) is 25.0. The number of aromatic carboxylic acids is 1. The Hall–Kier alpha value is -4.05. The molecule has 35 heavy (non-hydrogen) atoms. The number of ether oxygens (including phenoxy) is 2. The number of carboxylic acid groups (broad SMARTS) is 1. The molecule has 0 aliphatic carbocycles. The van der Waals surface area contributed by atoms with Crippen LogP contribution in [0.25, 0.3) is 11.3 Å². The first-order valence-electron chi connectivity index (χ1n) is 10.3. The Morgan fingerprint density at radius 1 is 1.06 bits per heavy atom. The van der Waals surface area contributed by atoms with Gasteiger partial charge in [-0.1, -0.05) is 12.1 Å². The first kappa shape index (κ1) is 24.1. The van der Waals surface area contributed by atoms with Crippen molar-refractivity contribution in [3.63, 3.8) is 0 Å². The topological polar surface area (TPSA) is 80.7 Å². The molecule has 6 nitrogen and oxygen atoms in total. The summed E-state index contributed by atoms with van der Waals surface area (Å²) >= 11 is 1.35. The van der Waals surface area contributed by atoms with Crippen LogP contribution in [-0.4, -0.2) is 23.2 Å². The van der Waals surface area contributed by atoms with Crippen LogP contribution >= 0.6 is 11.3 Å². The zero-order valence-corrected chi connectivity index (χ0v) is 19.1. The van der Waals surface area contributed by atoms with Crippen molar-refractivity contribution in [1.82, 2.24) is 4.98 Å². The maximum Gasteiger partial charge on any atom is 0.416 e. The van der Waals surface area contributed by atoms with Gasteiger partial charge in [-0.3, -0.25) is 0 Å². The van der Waals surface area contributed by atoms with Crippen LogP contribution in [0.15, 0.2) is 72.1 Å². The van der Waals surface area contributed by atoms with Gasteiger partial charge in [-0.15, -0.1) is 11.3 Å². The highest BCUT2D eigenvalue weighted by atomic mass is 32.1. The predicted molar refractivity (Wildman–Crippen MR) is 127 cm³/mol. The van der Waals surface area contributed by atoms with Gasteiger partial charge in [0.05, 0.1) is 23.9 Å². The van der Waals surface area contributed by atoms with Gasteiger partial charge >= 0.3 is 12.1 Å². The van der Waals surface area contributed by atoms with E-state index in [-0.39, 0.29) is 12.2 Å². The minimum absolute atomic E-state index is 0.0721. The smallest absolute Gasteiger partial charge is 0.416 e. The van der Waals surface area contributed by atoms with Crippen molar-refractivity contribution in [2.75, 3.05) is 12.4 Å². The second kappa shape index (κ2) is 10.1. The molecule has 0 fully saturated rings. The van der Waals surface area contributed by atoms with E-state index in [4.69, 9.17) is 14.6 Å². The zero-order valence-electron chi connectivity index (χ0n) is 18.3. The number of rotatable bonds is 8. The molecule has 0 saturated heterocycles. The number of benzene rings is 3. The molecular weight excluding hydrogens is 481 g/mol. The molecule has 3 aromatic carbocycles. The molecule has 0 aliphatic rings. The van der Waals surface area contributed by atoms with Crippen LogP contribution in [-0.2, 0) is 12.8 Å². The van der Waals surface area contributed by atoms with Gasteiger partial charge in [-0.05, 0) is 60.2 Å². The van der Waals surface area contributed by atoms with Crippen molar-refractivity contribution in [1.29, 1.82) is 0 Å². The van der Waals surface area contributed by atoms with Crippen LogP contribution in [0.2, 0.25) is 0 Å². The Balaban J connectivity index is 1.52. The minimum atomic E-state index is -4.39. The van der Waals surface area contributed by atoms with Gasteiger partial charge in [0, 0.05) is 16.6 Å². The largest absolute Gasteiger partial charge is 0.497 e. The predicted octanol–water partition coefficient (Wildman–Crippen LogP) is 6.86. The Labute approximate surface area is 202 Å². The Bertz CT molecular complexity index is 1320. The number of hydrogen-bond donors (Lipinski definition) is 2. The second-order valence-electron chi connectivity index (χ2n) is 7.39. The highest BCUT2D eigenvalue weighted by Crippen LogP contribution is 2.36. The minimum Gasteiger partial charge on any atom is -0.497 e. The quantitative estimate of drug-likeness (QED) is 0.275. The first-order chi connectivity index (χ1) is 16.7. The van der Waals surface area contributed by atoms with Crippen LogP contribution in [0.3, 0.4) is 0 Å². The monoisotopic (exact) mass is 500 g/mol. The summed E-state index contributed by atoms with van der Waals surface area (Å²) in [7, 11) is 1.54. The number of nitrogens with one attached hydrogen (secondary N) is 1. The van der Waals surface area contributed by atoms with E-state index >= 15 is 0 Å². The molecule has 2 N–H and O–H groups in total. The molecule has 1 heterocycles. The van der Waals surface area contributed by atoms with Crippen molar-refractivity contribution < 1.29 is 32.5 Å². The average molecular weight is 500 g/mol. The lowest BCUT2D eigenvalue weighted by Crippen LogP contribution is -2.05. The molecule has 1 aromatic heterocycles. The summed E-state index contributed by atoms with van der Waals surface area (Å²) in [5, 5.41) is 14.6. The molecule has 0 aliphatic heterocycles. The van der Waals surface area contributed by atoms with Gasteiger partial charge in [0.15, 0.2) is 5.13 Å². The number of alkyl halides is 3. The van der Waals surface area contributed by atoms with E-state index < -0.39 is 17.7 Å². The molecule has 180 valence electrons. The molecule has 0 amide bonds. The maximum atomic E-state index is 12.8. The summed E-state index contributed by atoms with van der Waals surface area (Å²) in [6.45, 7) is 0.0721. The molecule has 0 saturated carbocycles. The van der Waals surface area contributed by atoms with Crippen molar-refractivity contribution >= 4 is 28.1 Å². The van der Waals surface area contributed by atoms with Gasteiger partial charge in [-0.25, -0.2) is 9.78 Å². The van der Waals surface area contributed by atoms with Crippen molar-refractivity contribution in [2.24, 2.45) is 0 Å². The fourth-order valence-corrected chi connectivity index (χ4v) is 3.92. The second-order valence-corrected chi connectivity index (χ2v) is 8.25. The van der Waals surface area contributed by atoms with Crippen LogP contribution in [0.4, 0.5) is 24.0 Å². The number of carbonyl (C=O) groups is 1. The number of thiazole rings is 1. The summed E-state index contributed by atoms with van der Waals surface area (Å²) in [4.78, 5) is 15.6. The lowest BCUT2D eigenvalue weighted by Gasteiger charge is -2.13. The molecule has 4 aromatic rings. The van der Waals surface area contributed by atoms with Gasteiger partial charge in [-0.2, -0.15) is 13.2 Å². The van der Waals surface area contributed by atoms with Gasteiger partial charge < -0.3 is 19.9 Å². The Morgan fingerprint density at radius 3 is 2.40 bits per heavy atom. The summed E-state index contributed by atoms with van der Waals surface area (Å²) < 4.78 is 49.6. The van der Waals surface area contributed by atoms with Gasteiger partial charge in [0.25, 0.3) is 0 Å². The first-order valence-corrected chi connectivity index (χ1v) is 11.1. The van der Waals surface area contributed by atoms with Crippen LogP contribution in [0, 0.1) is 0 Å². The van der Waals surface area contributed by atoms with Gasteiger partial charge in [0.1, 0.15) is 18.1 Å². The van der Waals surface area contributed by atoms with Crippen LogP contribution in [0.5, 0.6) is 11.5 Å². The van der Waals surface area contributed by atoms with E-state index in [0.717, 1.165) is 12.1 Å². The maximum absolute atomic E-state index is 12.8. The summed E-state index contributed by atoms with van der Waals surface area (Å²) in [5.41, 5.74) is 2.00. The number of anilines is 2. The van der Waals surface area contributed by atoms with Crippen LogP contribution in [0.1, 0.15) is 21.5 Å². The van der Waals surface area contributed by atoms with Crippen LogP contribution < -0.4 is 14.8 Å². The van der Waals surface area contributed by atoms with E-state index in [0.29, 0.717) is 39.1 Å². The number of methoxy groups -OCH3 is 1. The third kappa shape index (κ3) is 5.90. The highest BCUT2D eigenvalue weighted by molar-refractivity contribution is 7.14. The third-order valence-electron chi connectivity index (χ3n) is 5.03. The number of hydrogen-bond acceptors (Lipinski definition) is 6. The van der Waals surface area contributed by atoms with E-state index in [2.05, 4.69) is 10.3 Å². The number of aromatic nitrogens is 1. The summed E-state index contributed by atoms with van der Waals surface area (Å²) in [6, 6.07) is 16.3. The number of halogens is 3. The standard InChI is InChI=1S/C25H19F3N2O4S/c1-33-19-10-11-22(34-13-15-2-6-17(7-3-15)25(26,27)28)20(12-19)21-14-35-24(30-21)29-18-8-4-16(5-9-18)23(31)32/h2-12,14H,13H2,1H3,(H,29,30)(H,31,32). The summed E-state index contributed by atoms with van der Waals surface area (Å²) in [6.07, 6.45) is -4.39. The molecule has 0 unspecified atom stereocenters. The number of nitrogens with zero attached hydrogens (tertiary/aromatic N) is 1. The van der Waals surface area contributed by atoms with E-state index in [9.17, 15) is 18.0 Å². The fourth-order valence-electron chi connectivity index (χ4n) is 3.19. The lowest BCUT2D eigenvalue weighted by molar-refractivity contribution is -0.137. The molecule has 0 radical (unpaired) electrons. The van der Waals surface area contributed by atoms with E-state index in [1.54, 1.807) is 30.3 Å². The Kier molecular flexibility index (Phi) is 6.92. The van der Waals surface area contributed by atoms with Crippen molar-refractivity contribution in [2.45, 2.75) is 12.8 Å². The van der Waals surface area contributed by atoms with Crippen molar-refractivity contribution in [3.05, 3.63) is 88.8 Å². The molecular formula is C25H19F3N2O4S. The highest BCUT2D eigenvalue weighted by Gasteiger charge is 2.29. The fraction of sp³-hybridized carbons (Fsp3) is 0.120. The number of carboxylic acids is 1. The Morgan fingerprint density at radius 2 is 1.77 bits per heavy atom. The third-order valence-corrected chi connectivity index (χ3v) is 5.78. The van der Waals surface area contributed by atoms with Gasteiger partial charge in [0.2, 0.25) is 0 Å². The molecule has 0 spiro atoms. The van der Waals surface area contributed by atoms with E-state index in [1.807, 2.05) is 5.38 Å². The molecule has 0 atom stereocenters. The normalized spacial score (nSPS) is 11.2. The van der Waals surface area contributed by atoms with E-state index in [1.165, 1.54) is 42.7 Å². The SMILES string of the molecule is COc1ccc(OCc2ccc(C(F)(F)F)cc2)c(-c2csc(Nc3ccc(C(=O)O)cc3)n2)c1. The average Bonchev–Trinajstić information content (AvgIpc) is 3.31. The molecule has 10 heteroatoms. The molecule has 0 bridgehead atoms.